The molecule has 1 aliphatic rings. The summed E-state index contributed by atoms with van der Waals surface area (Å²) in [5.41, 5.74) is 0.705. The fraction of sp³-hybridized carbons (Fsp3) is 0.333. The first kappa shape index (κ1) is 16.6. The second-order valence-electron chi connectivity index (χ2n) is 6.02. The van der Waals surface area contributed by atoms with Gasteiger partial charge in [-0.1, -0.05) is 37.1 Å². The van der Waals surface area contributed by atoms with E-state index in [-0.39, 0.29) is 11.4 Å². The van der Waals surface area contributed by atoms with E-state index in [9.17, 15) is 13.2 Å². The maximum atomic E-state index is 13.1. The zero-order valence-corrected chi connectivity index (χ0v) is 14.1. The van der Waals surface area contributed by atoms with Crippen molar-refractivity contribution in [2.24, 2.45) is 0 Å². The van der Waals surface area contributed by atoms with Crippen molar-refractivity contribution in [2.45, 2.75) is 41.9 Å². The van der Waals surface area contributed by atoms with Crippen LogP contribution in [0.4, 0.5) is 0 Å². The smallest absolute Gasteiger partial charge is 0.242 e. The van der Waals surface area contributed by atoms with Crippen LogP contribution in [-0.2, 0) is 21.2 Å². The van der Waals surface area contributed by atoms with Gasteiger partial charge in [-0.3, -0.25) is 9.78 Å². The Morgan fingerprint density at radius 2 is 1.71 bits per heavy atom. The molecule has 1 fully saturated rings. The van der Waals surface area contributed by atoms with Crippen LogP contribution in [0.3, 0.4) is 0 Å². The van der Waals surface area contributed by atoms with E-state index in [1.165, 1.54) is 0 Å². The van der Waals surface area contributed by atoms with E-state index in [0.717, 1.165) is 12.8 Å². The van der Waals surface area contributed by atoms with E-state index in [4.69, 9.17) is 0 Å². The van der Waals surface area contributed by atoms with Gasteiger partial charge in [-0.2, -0.15) is 0 Å². The summed E-state index contributed by atoms with van der Waals surface area (Å²) in [5.74, 6) is -0.422. The van der Waals surface area contributed by atoms with Gasteiger partial charge in [-0.25, -0.2) is 8.42 Å². The van der Waals surface area contributed by atoms with Gasteiger partial charge in [0.25, 0.3) is 0 Å². The van der Waals surface area contributed by atoms with E-state index in [2.05, 4.69) is 10.3 Å². The Hall–Kier alpha value is -2.21. The van der Waals surface area contributed by atoms with Crippen LogP contribution in [0.15, 0.2) is 59.6 Å². The summed E-state index contributed by atoms with van der Waals surface area (Å²) in [6.45, 7) is 0.228. The predicted octanol–water partition coefficient (Wildman–Crippen LogP) is 2.48. The molecule has 0 bridgehead atoms. The van der Waals surface area contributed by atoms with Crippen molar-refractivity contribution in [1.82, 2.24) is 10.3 Å². The number of carbonyl (C=O) groups excluding carboxylic acids is 1. The van der Waals surface area contributed by atoms with Gasteiger partial charge in [0.15, 0.2) is 14.6 Å². The zero-order valence-electron chi connectivity index (χ0n) is 13.3. The molecule has 126 valence electrons. The number of carbonyl (C=O) groups is 1. The molecule has 1 saturated carbocycles. The molecule has 6 heteroatoms. The highest BCUT2D eigenvalue weighted by molar-refractivity contribution is 7.93. The Balaban J connectivity index is 1.87. The molecule has 0 atom stereocenters. The fourth-order valence-electron chi connectivity index (χ4n) is 3.22. The van der Waals surface area contributed by atoms with Crippen molar-refractivity contribution in [3.63, 3.8) is 0 Å². The zero-order chi connectivity index (χ0) is 17.0. The maximum absolute atomic E-state index is 13.1. The number of nitrogens with one attached hydrogen (secondary N) is 1. The lowest BCUT2D eigenvalue weighted by Crippen LogP contribution is -2.50. The summed E-state index contributed by atoms with van der Waals surface area (Å²) in [4.78, 5) is 17.2. The molecule has 2 aromatic rings. The van der Waals surface area contributed by atoms with Crippen LogP contribution in [0.5, 0.6) is 0 Å². The molecule has 0 radical (unpaired) electrons. The van der Waals surface area contributed by atoms with Crippen LogP contribution in [0, 0.1) is 0 Å². The average Bonchev–Trinajstić information content (AvgIpc) is 3.13. The lowest BCUT2D eigenvalue weighted by molar-refractivity contribution is -0.123. The van der Waals surface area contributed by atoms with Crippen molar-refractivity contribution in [2.75, 3.05) is 0 Å². The third kappa shape index (κ3) is 2.94. The molecule has 0 saturated heterocycles. The average molecular weight is 344 g/mol. The van der Waals surface area contributed by atoms with Crippen molar-refractivity contribution in [1.29, 1.82) is 0 Å². The molecular weight excluding hydrogens is 324 g/mol. The highest BCUT2D eigenvalue weighted by Gasteiger charge is 2.52. The minimum absolute atomic E-state index is 0.208. The fourth-order valence-corrected chi connectivity index (χ4v) is 5.33. The quantitative estimate of drug-likeness (QED) is 0.904. The van der Waals surface area contributed by atoms with Gasteiger partial charge in [0.1, 0.15) is 0 Å². The summed E-state index contributed by atoms with van der Waals surface area (Å²) < 4.78 is 24.9. The summed E-state index contributed by atoms with van der Waals surface area (Å²) in [6.07, 6.45) is 3.84. The number of benzene rings is 1. The Morgan fingerprint density at radius 3 is 2.33 bits per heavy atom. The Morgan fingerprint density at radius 1 is 1.04 bits per heavy atom. The molecule has 24 heavy (non-hydrogen) atoms. The number of pyridine rings is 1. The molecule has 1 N–H and O–H groups in total. The van der Waals surface area contributed by atoms with E-state index < -0.39 is 20.5 Å². The molecule has 0 aliphatic heterocycles. The third-order valence-electron chi connectivity index (χ3n) is 4.55. The van der Waals surface area contributed by atoms with E-state index in [0.29, 0.717) is 18.5 Å². The summed E-state index contributed by atoms with van der Waals surface area (Å²) >= 11 is 0. The third-order valence-corrected chi connectivity index (χ3v) is 7.06. The standard InChI is InChI=1S/C18H20N2O3S/c21-17(20-14-15-8-4-7-13-19-15)18(11-5-6-12-18)24(22,23)16-9-2-1-3-10-16/h1-4,7-10,13H,5-6,11-12,14H2,(H,20,21). The topological polar surface area (TPSA) is 76.1 Å². The monoisotopic (exact) mass is 344 g/mol. The van der Waals surface area contributed by atoms with Crippen LogP contribution in [-0.4, -0.2) is 24.1 Å². The minimum atomic E-state index is -3.74. The molecule has 1 amide bonds. The number of nitrogens with zero attached hydrogens (tertiary/aromatic N) is 1. The Labute approximate surface area is 142 Å². The lowest BCUT2D eigenvalue weighted by Gasteiger charge is -2.27. The first-order valence-corrected chi connectivity index (χ1v) is 9.52. The molecule has 0 spiro atoms. The molecule has 5 nitrogen and oxygen atoms in total. The lowest BCUT2D eigenvalue weighted by atomic mass is 10.1. The summed E-state index contributed by atoms with van der Waals surface area (Å²) in [6, 6.07) is 13.7. The van der Waals surface area contributed by atoms with Crippen LogP contribution < -0.4 is 5.32 Å². The second-order valence-corrected chi connectivity index (χ2v) is 8.28. The molecule has 0 unspecified atom stereocenters. The largest absolute Gasteiger partial charge is 0.349 e. The van der Waals surface area contributed by atoms with Gasteiger partial charge in [-0.05, 0) is 37.1 Å². The van der Waals surface area contributed by atoms with E-state index in [1.807, 2.05) is 6.07 Å². The van der Waals surface area contributed by atoms with Crippen molar-refractivity contribution in [3.05, 3.63) is 60.4 Å². The van der Waals surface area contributed by atoms with E-state index in [1.54, 1.807) is 48.7 Å². The van der Waals surface area contributed by atoms with Gasteiger partial charge in [0, 0.05) is 6.20 Å². The van der Waals surface area contributed by atoms with Crippen LogP contribution in [0.25, 0.3) is 0 Å². The first-order valence-electron chi connectivity index (χ1n) is 8.04. The molecule has 3 rings (SSSR count). The van der Waals surface area contributed by atoms with Crippen molar-refractivity contribution in [3.8, 4) is 0 Å². The van der Waals surface area contributed by atoms with Gasteiger partial charge < -0.3 is 5.32 Å². The minimum Gasteiger partial charge on any atom is -0.349 e. The van der Waals surface area contributed by atoms with Gasteiger partial charge >= 0.3 is 0 Å². The molecule has 1 aliphatic carbocycles. The van der Waals surface area contributed by atoms with Gasteiger partial charge in [0.2, 0.25) is 5.91 Å². The first-order chi connectivity index (χ1) is 11.6. The van der Waals surface area contributed by atoms with Crippen LogP contribution in [0.1, 0.15) is 31.4 Å². The summed E-state index contributed by atoms with van der Waals surface area (Å²) in [5, 5.41) is 2.78. The van der Waals surface area contributed by atoms with Crippen molar-refractivity contribution < 1.29 is 13.2 Å². The Bertz CT molecular complexity index is 799. The number of hydrogen-bond donors (Lipinski definition) is 1. The summed E-state index contributed by atoms with van der Waals surface area (Å²) in [7, 11) is -3.74. The van der Waals surface area contributed by atoms with Gasteiger partial charge in [0.05, 0.1) is 17.1 Å². The number of hydrogen-bond acceptors (Lipinski definition) is 4. The maximum Gasteiger partial charge on any atom is 0.242 e. The second kappa shape index (κ2) is 6.73. The molecule has 1 heterocycles. The highest BCUT2D eigenvalue weighted by atomic mass is 32.2. The van der Waals surface area contributed by atoms with E-state index >= 15 is 0 Å². The predicted molar refractivity (Wildman–Crippen MR) is 90.9 cm³/mol. The number of aromatic nitrogens is 1. The SMILES string of the molecule is O=C(NCc1ccccn1)C1(S(=O)(=O)c2ccccc2)CCCC1. The molecule has 1 aromatic heterocycles. The normalized spacial score (nSPS) is 16.7. The van der Waals surface area contributed by atoms with Crippen LogP contribution in [0.2, 0.25) is 0 Å². The molecule has 1 aromatic carbocycles. The number of rotatable bonds is 5. The number of sulfone groups is 1. The van der Waals surface area contributed by atoms with Gasteiger partial charge in [-0.15, -0.1) is 0 Å². The van der Waals surface area contributed by atoms with Crippen LogP contribution >= 0.6 is 0 Å². The van der Waals surface area contributed by atoms with Crippen molar-refractivity contribution >= 4 is 15.7 Å². The highest BCUT2D eigenvalue weighted by Crippen LogP contribution is 2.40. The number of amides is 1. The Kier molecular flexibility index (Phi) is 4.66. The molecular formula is C18H20N2O3S.